The molecule has 24 heavy (non-hydrogen) atoms. The highest BCUT2D eigenvalue weighted by Gasteiger charge is 2.48. The molecule has 2 unspecified atom stereocenters. The second-order valence-corrected chi connectivity index (χ2v) is 8.00. The largest absolute Gasteiger partial charge is 0.454 e. The Labute approximate surface area is 148 Å². The van der Waals surface area contributed by atoms with Crippen molar-refractivity contribution in [1.29, 1.82) is 0 Å². The van der Waals surface area contributed by atoms with E-state index < -0.39 is 0 Å². The standard InChI is InChI=1S/C18H18O4S2/c19-17(13-5-7-23-9-13)21-15-11-1-2-12(4-3-11)16(15)22-18(20)14-6-8-24-10-14/h5-12,15-16H,1-4H2. The van der Waals surface area contributed by atoms with E-state index in [0.29, 0.717) is 11.1 Å². The molecule has 0 spiro atoms. The first-order valence-corrected chi connectivity index (χ1v) is 10.1. The maximum absolute atomic E-state index is 12.4. The molecule has 0 aromatic carbocycles. The topological polar surface area (TPSA) is 52.6 Å². The van der Waals surface area contributed by atoms with Crippen LogP contribution in [0.15, 0.2) is 33.7 Å². The predicted octanol–water partition coefficient (Wildman–Crippen LogP) is 4.38. The van der Waals surface area contributed by atoms with E-state index in [2.05, 4.69) is 0 Å². The summed E-state index contributed by atoms with van der Waals surface area (Å²) in [6.45, 7) is 0. The van der Waals surface area contributed by atoms with Gasteiger partial charge in [0, 0.05) is 10.8 Å². The number of carbonyl (C=O) groups is 2. The van der Waals surface area contributed by atoms with Crippen LogP contribution in [0.3, 0.4) is 0 Å². The molecule has 2 heterocycles. The van der Waals surface area contributed by atoms with Crippen LogP contribution in [0.1, 0.15) is 46.4 Å². The zero-order chi connectivity index (χ0) is 16.5. The lowest BCUT2D eigenvalue weighted by molar-refractivity contribution is -0.121. The Bertz CT molecular complexity index is 637. The van der Waals surface area contributed by atoms with Crippen molar-refractivity contribution in [2.45, 2.75) is 37.9 Å². The molecular formula is C18H18O4S2. The molecule has 2 aromatic heterocycles. The number of rotatable bonds is 4. The Balaban J connectivity index is 1.51. The van der Waals surface area contributed by atoms with Crippen molar-refractivity contribution < 1.29 is 19.1 Å². The van der Waals surface area contributed by atoms with E-state index >= 15 is 0 Å². The van der Waals surface area contributed by atoms with Crippen molar-refractivity contribution >= 4 is 34.6 Å². The fraction of sp³-hybridized carbons (Fsp3) is 0.444. The second-order valence-electron chi connectivity index (χ2n) is 6.44. The van der Waals surface area contributed by atoms with Gasteiger partial charge in [-0.3, -0.25) is 0 Å². The van der Waals surface area contributed by atoms with Gasteiger partial charge in [0.25, 0.3) is 0 Å². The Kier molecular flexibility index (Phi) is 4.41. The molecule has 0 saturated heterocycles. The summed E-state index contributed by atoms with van der Waals surface area (Å²) < 4.78 is 11.6. The summed E-state index contributed by atoms with van der Waals surface area (Å²) in [6.07, 6.45) is 3.51. The Morgan fingerprint density at radius 3 is 1.54 bits per heavy atom. The van der Waals surface area contributed by atoms with Gasteiger partial charge < -0.3 is 9.47 Å². The predicted molar refractivity (Wildman–Crippen MR) is 92.5 cm³/mol. The molecule has 126 valence electrons. The molecule has 5 rings (SSSR count). The van der Waals surface area contributed by atoms with Gasteiger partial charge in [-0.15, -0.1) is 0 Å². The average Bonchev–Trinajstić information content (AvgIpc) is 3.31. The fourth-order valence-electron chi connectivity index (χ4n) is 3.81. The summed E-state index contributed by atoms with van der Waals surface area (Å²) >= 11 is 2.94. The van der Waals surface area contributed by atoms with Gasteiger partial charge in [0.15, 0.2) is 0 Å². The highest BCUT2D eigenvalue weighted by Crippen LogP contribution is 2.44. The van der Waals surface area contributed by atoms with Crippen molar-refractivity contribution in [3.05, 3.63) is 44.8 Å². The lowest BCUT2D eigenvalue weighted by Gasteiger charge is -2.46. The Hall–Kier alpha value is -1.66. The van der Waals surface area contributed by atoms with Gasteiger partial charge >= 0.3 is 11.9 Å². The molecule has 0 radical (unpaired) electrons. The normalized spacial score (nSPS) is 28.5. The summed E-state index contributed by atoms with van der Waals surface area (Å²) in [5.74, 6) is -0.0496. The van der Waals surface area contributed by atoms with E-state index in [1.807, 2.05) is 10.8 Å². The third-order valence-electron chi connectivity index (χ3n) is 5.07. The van der Waals surface area contributed by atoms with Gasteiger partial charge in [-0.05, 0) is 60.4 Å². The number of hydrogen-bond donors (Lipinski definition) is 0. The SMILES string of the molecule is O=C(OC1C2CCC(CC2)C1OC(=O)c1ccsc1)c1ccsc1. The van der Waals surface area contributed by atoms with Gasteiger partial charge in [0.2, 0.25) is 0 Å². The van der Waals surface area contributed by atoms with Gasteiger partial charge in [-0.1, -0.05) is 0 Å². The molecule has 0 amide bonds. The van der Waals surface area contributed by atoms with Crippen LogP contribution in [-0.2, 0) is 9.47 Å². The highest BCUT2D eigenvalue weighted by atomic mass is 32.1. The van der Waals surface area contributed by atoms with Crippen molar-refractivity contribution in [3.63, 3.8) is 0 Å². The van der Waals surface area contributed by atoms with E-state index in [9.17, 15) is 9.59 Å². The van der Waals surface area contributed by atoms with Crippen LogP contribution in [0.5, 0.6) is 0 Å². The summed E-state index contributed by atoms with van der Waals surface area (Å²) in [5, 5.41) is 7.29. The molecular weight excluding hydrogens is 344 g/mol. The van der Waals surface area contributed by atoms with Gasteiger partial charge in [-0.25, -0.2) is 9.59 Å². The van der Waals surface area contributed by atoms with Crippen LogP contribution >= 0.6 is 22.7 Å². The Morgan fingerprint density at radius 1 is 0.792 bits per heavy atom. The van der Waals surface area contributed by atoms with Crippen LogP contribution in [0.4, 0.5) is 0 Å². The first-order valence-electron chi connectivity index (χ1n) is 8.19. The molecule has 3 aliphatic carbocycles. The van der Waals surface area contributed by atoms with E-state index in [-0.39, 0.29) is 36.0 Å². The van der Waals surface area contributed by atoms with Crippen LogP contribution < -0.4 is 0 Å². The molecule has 3 saturated carbocycles. The van der Waals surface area contributed by atoms with E-state index in [1.54, 1.807) is 22.9 Å². The third-order valence-corrected chi connectivity index (χ3v) is 6.44. The van der Waals surface area contributed by atoms with Gasteiger partial charge in [0.1, 0.15) is 12.2 Å². The minimum absolute atomic E-state index is 0.290. The maximum Gasteiger partial charge on any atom is 0.339 e. The molecule has 4 nitrogen and oxygen atoms in total. The van der Waals surface area contributed by atoms with Gasteiger partial charge in [-0.2, -0.15) is 22.7 Å². The summed E-state index contributed by atoms with van der Waals surface area (Å²) in [5.41, 5.74) is 1.15. The minimum Gasteiger partial charge on any atom is -0.454 e. The van der Waals surface area contributed by atoms with Crippen molar-refractivity contribution in [2.75, 3.05) is 0 Å². The minimum atomic E-state index is -0.326. The zero-order valence-corrected chi connectivity index (χ0v) is 14.7. The molecule has 2 bridgehead atoms. The molecule has 2 aromatic rings. The first-order chi connectivity index (χ1) is 11.7. The molecule has 0 aliphatic heterocycles. The van der Waals surface area contributed by atoms with Crippen LogP contribution in [0.2, 0.25) is 0 Å². The maximum atomic E-state index is 12.4. The second kappa shape index (κ2) is 6.69. The summed E-state index contributed by atoms with van der Waals surface area (Å²) in [6, 6.07) is 3.53. The molecule has 3 aliphatic rings. The van der Waals surface area contributed by atoms with Crippen molar-refractivity contribution in [3.8, 4) is 0 Å². The number of thiophene rings is 2. The Morgan fingerprint density at radius 2 is 1.21 bits per heavy atom. The first kappa shape index (κ1) is 15.8. The number of ether oxygens (including phenoxy) is 2. The van der Waals surface area contributed by atoms with Crippen molar-refractivity contribution in [2.24, 2.45) is 11.8 Å². The molecule has 2 atom stereocenters. The average molecular weight is 362 g/mol. The molecule has 0 N–H and O–H groups in total. The number of carbonyl (C=O) groups excluding carboxylic acids is 2. The highest BCUT2D eigenvalue weighted by molar-refractivity contribution is 7.08. The van der Waals surface area contributed by atoms with E-state index in [0.717, 1.165) is 25.7 Å². The molecule has 3 fully saturated rings. The molecule has 6 heteroatoms. The van der Waals surface area contributed by atoms with Crippen LogP contribution in [0.25, 0.3) is 0 Å². The fourth-order valence-corrected chi connectivity index (χ4v) is 5.06. The van der Waals surface area contributed by atoms with Gasteiger partial charge in [0.05, 0.1) is 11.1 Å². The zero-order valence-electron chi connectivity index (χ0n) is 13.1. The van der Waals surface area contributed by atoms with Crippen LogP contribution in [-0.4, -0.2) is 24.1 Å². The van der Waals surface area contributed by atoms with Crippen LogP contribution in [0, 0.1) is 11.8 Å². The quantitative estimate of drug-likeness (QED) is 0.758. The third kappa shape index (κ3) is 3.00. The summed E-state index contributed by atoms with van der Waals surface area (Å²) in [7, 11) is 0. The lowest BCUT2D eigenvalue weighted by Crippen LogP contribution is -2.52. The monoisotopic (exact) mass is 362 g/mol. The lowest BCUT2D eigenvalue weighted by atomic mass is 9.67. The number of fused-ring (bicyclic) bond motifs is 3. The van der Waals surface area contributed by atoms with Crippen molar-refractivity contribution in [1.82, 2.24) is 0 Å². The number of hydrogen-bond acceptors (Lipinski definition) is 6. The number of esters is 2. The summed E-state index contributed by atoms with van der Waals surface area (Å²) in [4.78, 5) is 24.7. The van der Waals surface area contributed by atoms with E-state index in [4.69, 9.17) is 9.47 Å². The smallest absolute Gasteiger partial charge is 0.339 e. The van der Waals surface area contributed by atoms with E-state index in [1.165, 1.54) is 22.7 Å².